The van der Waals surface area contributed by atoms with Gasteiger partial charge in [0.05, 0.1) is 0 Å². The first-order valence-corrected chi connectivity index (χ1v) is 7.11. The van der Waals surface area contributed by atoms with Gasteiger partial charge >= 0.3 is 5.97 Å². The van der Waals surface area contributed by atoms with Gasteiger partial charge in [0.1, 0.15) is 17.4 Å². The van der Waals surface area contributed by atoms with Gasteiger partial charge in [-0.1, -0.05) is 6.07 Å². The van der Waals surface area contributed by atoms with E-state index in [2.05, 4.69) is 0 Å². The molecular weight excluding hydrogens is 270 g/mol. The molecule has 1 aliphatic heterocycles. The summed E-state index contributed by atoms with van der Waals surface area (Å²) in [7, 11) is 0. The highest BCUT2D eigenvalue weighted by Crippen LogP contribution is 2.24. The predicted octanol–water partition coefficient (Wildman–Crippen LogP) is 2.34. The fraction of sp³-hybridized carbons (Fsp3) is 0.500. The van der Waals surface area contributed by atoms with E-state index in [1.165, 1.54) is 17.0 Å². The van der Waals surface area contributed by atoms with Crippen molar-refractivity contribution in [2.75, 3.05) is 6.54 Å². The van der Waals surface area contributed by atoms with Crippen molar-refractivity contribution in [2.45, 2.75) is 45.3 Å². The minimum atomic E-state index is -0.570. The first-order chi connectivity index (χ1) is 9.78. The highest BCUT2D eigenvalue weighted by Gasteiger charge is 2.37. The van der Waals surface area contributed by atoms with E-state index in [-0.39, 0.29) is 17.6 Å². The summed E-state index contributed by atoms with van der Waals surface area (Å²) in [4.78, 5) is 26.2. The number of carbonyl (C=O) groups excluding carboxylic acids is 2. The first-order valence-electron chi connectivity index (χ1n) is 7.11. The molecule has 0 aliphatic carbocycles. The predicted molar refractivity (Wildman–Crippen MR) is 78.0 cm³/mol. The quantitative estimate of drug-likeness (QED) is 0.849. The number of benzene rings is 1. The Hall–Kier alpha value is -2.04. The summed E-state index contributed by atoms with van der Waals surface area (Å²) >= 11 is 0. The second kappa shape index (κ2) is 5.76. The van der Waals surface area contributed by atoms with Crippen LogP contribution in [-0.2, 0) is 9.53 Å². The number of phenolic OH excluding ortho intramolecular Hbond substituents is 1. The summed E-state index contributed by atoms with van der Waals surface area (Å²) in [5.41, 5.74) is -0.190. The summed E-state index contributed by atoms with van der Waals surface area (Å²) < 4.78 is 5.38. The lowest BCUT2D eigenvalue weighted by Crippen LogP contribution is -2.43. The standard InChI is InChI=1S/C16H21NO4/c1-16(2,3)21-15(20)13-8-5-9-17(13)14(19)11-6-4-7-12(18)10-11/h4,6-7,10,13,18H,5,8-9H2,1-3H3/t13-/m0/s1. The molecule has 5 heteroatoms. The van der Waals surface area contributed by atoms with Gasteiger partial charge in [-0.05, 0) is 51.8 Å². The maximum atomic E-state index is 12.5. The molecule has 0 spiro atoms. The van der Waals surface area contributed by atoms with Crippen LogP contribution in [0, 0.1) is 0 Å². The molecule has 114 valence electrons. The Balaban J connectivity index is 2.15. The van der Waals surface area contributed by atoms with Crippen LogP contribution in [-0.4, -0.2) is 40.1 Å². The number of amides is 1. The highest BCUT2D eigenvalue weighted by atomic mass is 16.6. The summed E-state index contributed by atoms with van der Waals surface area (Å²) in [6.45, 7) is 5.95. The zero-order chi connectivity index (χ0) is 15.6. The Labute approximate surface area is 124 Å². The summed E-state index contributed by atoms with van der Waals surface area (Å²) in [6, 6.07) is 5.62. The van der Waals surface area contributed by atoms with Crippen LogP contribution in [0.2, 0.25) is 0 Å². The van der Waals surface area contributed by atoms with E-state index in [0.29, 0.717) is 18.5 Å². The molecule has 1 fully saturated rings. The van der Waals surface area contributed by atoms with E-state index in [4.69, 9.17) is 4.74 Å². The number of carbonyl (C=O) groups is 2. The Bertz CT molecular complexity index is 547. The molecule has 1 aromatic rings. The summed E-state index contributed by atoms with van der Waals surface area (Å²) in [6.07, 6.45) is 1.38. The summed E-state index contributed by atoms with van der Waals surface area (Å²) in [5.74, 6) is -0.582. The van der Waals surface area contributed by atoms with Gasteiger partial charge in [-0.2, -0.15) is 0 Å². The molecule has 0 saturated carbocycles. The fourth-order valence-electron chi connectivity index (χ4n) is 2.43. The third-order valence-electron chi connectivity index (χ3n) is 3.29. The zero-order valence-corrected chi connectivity index (χ0v) is 12.6. The molecule has 1 amide bonds. The largest absolute Gasteiger partial charge is 0.508 e. The third-order valence-corrected chi connectivity index (χ3v) is 3.29. The molecule has 1 aromatic carbocycles. The lowest BCUT2D eigenvalue weighted by Gasteiger charge is -2.27. The number of hydrogen-bond donors (Lipinski definition) is 1. The van der Waals surface area contributed by atoms with Gasteiger partial charge < -0.3 is 14.7 Å². The summed E-state index contributed by atoms with van der Waals surface area (Å²) in [5, 5.41) is 9.47. The maximum Gasteiger partial charge on any atom is 0.329 e. The van der Waals surface area contributed by atoms with Crippen LogP contribution in [0.15, 0.2) is 24.3 Å². The van der Waals surface area contributed by atoms with E-state index < -0.39 is 11.6 Å². The van der Waals surface area contributed by atoms with Gasteiger partial charge in [-0.3, -0.25) is 4.79 Å². The second-order valence-electron chi connectivity index (χ2n) is 6.24. The Morgan fingerprint density at radius 3 is 2.67 bits per heavy atom. The molecule has 0 radical (unpaired) electrons. The third kappa shape index (κ3) is 3.74. The number of phenols is 1. The van der Waals surface area contributed by atoms with Crippen LogP contribution in [0.3, 0.4) is 0 Å². The monoisotopic (exact) mass is 291 g/mol. The van der Waals surface area contributed by atoms with Gasteiger partial charge in [0, 0.05) is 12.1 Å². The minimum Gasteiger partial charge on any atom is -0.508 e. The van der Waals surface area contributed by atoms with Crippen molar-refractivity contribution in [3.8, 4) is 5.75 Å². The van der Waals surface area contributed by atoms with Gasteiger partial charge in [0.2, 0.25) is 0 Å². The number of ether oxygens (including phenoxy) is 1. The number of likely N-dealkylation sites (tertiary alicyclic amines) is 1. The van der Waals surface area contributed by atoms with Crippen LogP contribution >= 0.6 is 0 Å². The topological polar surface area (TPSA) is 66.8 Å². The molecule has 5 nitrogen and oxygen atoms in total. The SMILES string of the molecule is CC(C)(C)OC(=O)[C@@H]1CCCN1C(=O)c1cccc(O)c1. The average molecular weight is 291 g/mol. The van der Waals surface area contributed by atoms with E-state index in [9.17, 15) is 14.7 Å². The number of rotatable bonds is 2. The molecule has 0 unspecified atom stereocenters. The van der Waals surface area contributed by atoms with Crippen molar-refractivity contribution in [1.82, 2.24) is 4.90 Å². The number of esters is 1. The van der Waals surface area contributed by atoms with Crippen molar-refractivity contribution in [3.63, 3.8) is 0 Å². The molecule has 2 rings (SSSR count). The number of hydrogen-bond acceptors (Lipinski definition) is 4. The number of nitrogens with zero attached hydrogens (tertiary/aromatic N) is 1. The molecule has 1 aliphatic rings. The van der Waals surface area contributed by atoms with Gasteiger partial charge in [-0.15, -0.1) is 0 Å². The van der Waals surface area contributed by atoms with Gasteiger partial charge in [-0.25, -0.2) is 4.79 Å². The van der Waals surface area contributed by atoms with Crippen LogP contribution in [0.4, 0.5) is 0 Å². The molecule has 1 atom stereocenters. The molecule has 0 aromatic heterocycles. The van der Waals surface area contributed by atoms with E-state index in [1.54, 1.807) is 32.9 Å². The Kier molecular flexibility index (Phi) is 4.21. The molecule has 1 N–H and O–H groups in total. The fourth-order valence-corrected chi connectivity index (χ4v) is 2.43. The highest BCUT2D eigenvalue weighted by molar-refractivity contribution is 5.97. The molecule has 1 heterocycles. The maximum absolute atomic E-state index is 12.5. The second-order valence-corrected chi connectivity index (χ2v) is 6.24. The lowest BCUT2D eigenvalue weighted by atomic mass is 10.1. The molecule has 21 heavy (non-hydrogen) atoms. The van der Waals surface area contributed by atoms with Crippen molar-refractivity contribution in [1.29, 1.82) is 0 Å². The van der Waals surface area contributed by atoms with E-state index in [1.807, 2.05) is 0 Å². The van der Waals surface area contributed by atoms with Crippen molar-refractivity contribution < 1.29 is 19.4 Å². The van der Waals surface area contributed by atoms with Crippen molar-refractivity contribution >= 4 is 11.9 Å². The minimum absolute atomic E-state index is 0.0360. The Morgan fingerprint density at radius 1 is 1.33 bits per heavy atom. The van der Waals surface area contributed by atoms with E-state index in [0.717, 1.165) is 6.42 Å². The van der Waals surface area contributed by atoms with Crippen LogP contribution in [0.25, 0.3) is 0 Å². The average Bonchev–Trinajstić information content (AvgIpc) is 2.85. The smallest absolute Gasteiger partial charge is 0.329 e. The van der Waals surface area contributed by atoms with Gasteiger partial charge in [0.15, 0.2) is 0 Å². The molecule has 0 bridgehead atoms. The lowest BCUT2D eigenvalue weighted by molar-refractivity contribution is -0.159. The van der Waals surface area contributed by atoms with Crippen molar-refractivity contribution in [2.24, 2.45) is 0 Å². The first kappa shape index (κ1) is 15.4. The van der Waals surface area contributed by atoms with Crippen LogP contribution in [0.5, 0.6) is 5.75 Å². The zero-order valence-electron chi connectivity index (χ0n) is 12.6. The van der Waals surface area contributed by atoms with Gasteiger partial charge in [0.25, 0.3) is 5.91 Å². The molecular formula is C16H21NO4. The molecule has 1 saturated heterocycles. The van der Waals surface area contributed by atoms with E-state index >= 15 is 0 Å². The number of aromatic hydroxyl groups is 1. The van der Waals surface area contributed by atoms with Crippen LogP contribution < -0.4 is 0 Å². The van der Waals surface area contributed by atoms with Crippen LogP contribution in [0.1, 0.15) is 44.0 Å². The normalized spacial score (nSPS) is 18.6. The van der Waals surface area contributed by atoms with Crippen molar-refractivity contribution in [3.05, 3.63) is 29.8 Å². The Morgan fingerprint density at radius 2 is 2.05 bits per heavy atom.